The summed E-state index contributed by atoms with van der Waals surface area (Å²) in [7, 11) is 0. The molecule has 0 saturated heterocycles. The van der Waals surface area contributed by atoms with Gasteiger partial charge < -0.3 is 15.2 Å². The largest absolute Gasteiger partial charge is 0.478 e. The van der Waals surface area contributed by atoms with Gasteiger partial charge in [0, 0.05) is 39.0 Å². The molecule has 1 aliphatic rings. The molecule has 1 heterocycles. The maximum Gasteiger partial charge on any atom is 0.411 e. The van der Waals surface area contributed by atoms with E-state index in [0.29, 0.717) is 22.2 Å². The van der Waals surface area contributed by atoms with E-state index in [9.17, 15) is 14.7 Å². The summed E-state index contributed by atoms with van der Waals surface area (Å²) in [5.41, 5.74) is 2.45. The van der Waals surface area contributed by atoms with E-state index >= 15 is 0 Å². The first-order valence-electron chi connectivity index (χ1n) is 9.53. The summed E-state index contributed by atoms with van der Waals surface area (Å²) in [6.45, 7) is 4.03. The highest BCUT2D eigenvalue weighted by Crippen LogP contribution is 2.54. The molecule has 2 aromatic carbocycles. The van der Waals surface area contributed by atoms with Crippen LogP contribution >= 0.6 is 23.2 Å². The van der Waals surface area contributed by atoms with Crippen molar-refractivity contribution in [1.82, 2.24) is 0 Å². The van der Waals surface area contributed by atoms with Crippen LogP contribution in [-0.2, 0) is 15.1 Å². The second-order valence-electron chi connectivity index (χ2n) is 6.90. The summed E-state index contributed by atoms with van der Waals surface area (Å²) in [4.78, 5) is 22.9. The number of fused-ring (bicyclic) bond motifs is 1. The van der Waals surface area contributed by atoms with Gasteiger partial charge in [0.2, 0.25) is 0 Å². The van der Waals surface area contributed by atoms with Gasteiger partial charge in [-0.2, -0.15) is 0 Å². The molecular weight excluding hydrogens is 427 g/mol. The van der Waals surface area contributed by atoms with Crippen LogP contribution in [0.2, 0.25) is 10.0 Å². The molecule has 0 radical (unpaired) electrons. The van der Waals surface area contributed by atoms with Crippen molar-refractivity contribution in [3.63, 3.8) is 0 Å². The molecule has 8 heteroatoms. The predicted molar refractivity (Wildman–Crippen MR) is 119 cm³/mol. The van der Waals surface area contributed by atoms with Gasteiger partial charge in [-0.05, 0) is 43.2 Å². The van der Waals surface area contributed by atoms with Crippen molar-refractivity contribution in [2.75, 3.05) is 17.2 Å². The molecule has 1 amide bonds. The first kappa shape index (κ1) is 22.0. The van der Waals surface area contributed by atoms with E-state index < -0.39 is 17.6 Å². The van der Waals surface area contributed by atoms with Crippen LogP contribution in [0.25, 0.3) is 0 Å². The highest BCUT2D eigenvalue weighted by molar-refractivity contribution is 6.35. The van der Waals surface area contributed by atoms with Crippen molar-refractivity contribution in [2.45, 2.75) is 31.7 Å². The Morgan fingerprint density at radius 2 is 1.93 bits per heavy atom. The molecule has 158 valence electrons. The van der Waals surface area contributed by atoms with Gasteiger partial charge in [-0.15, -0.1) is 0 Å². The summed E-state index contributed by atoms with van der Waals surface area (Å²) >= 11 is 12.7. The highest BCUT2D eigenvalue weighted by Gasteiger charge is 2.46. The summed E-state index contributed by atoms with van der Waals surface area (Å²) in [5.74, 6) is -1.37. The van der Waals surface area contributed by atoms with Crippen LogP contribution in [0.4, 0.5) is 16.2 Å². The van der Waals surface area contributed by atoms with Gasteiger partial charge in [0.15, 0.2) is 0 Å². The SMILES string of the molecule is CCOC(=O)Nc1ccc(C2(CC)Nc3cc(Cl)cc(Cl)c3C2C=CC(=O)O)cc1. The fraction of sp³-hybridized carbons (Fsp3) is 0.273. The lowest BCUT2D eigenvalue weighted by Gasteiger charge is -2.35. The van der Waals surface area contributed by atoms with Crippen LogP contribution in [0, 0.1) is 0 Å². The number of rotatable bonds is 6. The summed E-state index contributed by atoms with van der Waals surface area (Å²) in [6.07, 6.45) is 2.91. The lowest BCUT2D eigenvalue weighted by Crippen LogP contribution is -2.35. The fourth-order valence-corrected chi connectivity index (χ4v) is 4.52. The number of aliphatic carboxylic acids is 1. The van der Waals surface area contributed by atoms with E-state index in [-0.39, 0.29) is 12.5 Å². The van der Waals surface area contributed by atoms with Crippen LogP contribution in [0.15, 0.2) is 48.6 Å². The van der Waals surface area contributed by atoms with E-state index in [1.807, 2.05) is 19.1 Å². The zero-order valence-corrected chi connectivity index (χ0v) is 18.1. The summed E-state index contributed by atoms with van der Waals surface area (Å²) < 4.78 is 4.90. The fourth-order valence-electron chi connectivity index (χ4n) is 3.91. The zero-order chi connectivity index (χ0) is 21.9. The molecular formula is C22H22Cl2N2O4. The number of hydrogen-bond acceptors (Lipinski definition) is 4. The number of hydrogen-bond donors (Lipinski definition) is 3. The van der Waals surface area contributed by atoms with Gasteiger partial charge in [0.25, 0.3) is 0 Å². The standard InChI is InChI=1S/C22H22Cl2N2O4/c1-3-22(13-5-7-15(8-6-13)25-21(29)30-4-2)16(9-10-19(27)28)20-17(24)11-14(23)12-18(20)26-22/h5-12,16,26H,3-4H2,1-2H3,(H,25,29)(H,27,28). The van der Waals surface area contributed by atoms with Crippen LogP contribution in [0.1, 0.15) is 37.3 Å². The molecule has 2 atom stereocenters. The Bertz CT molecular complexity index is 991. The molecule has 0 aromatic heterocycles. The van der Waals surface area contributed by atoms with Crippen molar-refractivity contribution < 1.29 is 19.4 Å². The van der Waals surface area contributed by atoms with Crippen molar-refractivity contribution in [1.29, 1.82) is 0 Å². The number of carboxylic acid groups (broad SMARTS) is 1. The Morgan fingerprint density at radius 3 is 2.53 bits per heavy atom. The monoisotopic (exact) mass is 448 g/mol. The molecule has 0 spiro atoms. The van der Waals surface area contributed by atoms with Gasteiger partial charge in [-0.25, -0.2) is 9.59 Å². The number of benzene rings is 2. The van der Waals surface area contributed by atoms with E-state index in [2.05, 4.69) is 10.6 Å². The third kappa shape index (κ3) is 4.25. The van der Waals surface area contributed by atoms with Crippen LogP contribution in [0.3, 0.4) is 0 Å². The lowest BCUT2D eigenvalue weighted by molar-refractivity contribution is -0.131. The second-order valence-corrected chi connectivity index (χ2v) is 7.74. The average molecular weight is 449 g/mol. The van der Waals surface area contributed by atoms with Crippen LogP contribution < -0.4 is 10.6 Å². The number of ether oxygens (including phenoxy) is 1. The number of halogens is 2. The Balaban J connectivity index is 2.04. The number of carbonyl (C=O) groups excluding carboxylic acids is 1. The van der Waals surface area contributed by atoms with Crippen molar-refractivity contribution in [3.8, 4) is 0 Å². The Hall–Kier alpha value is -2.70. The van der Waals surface area contributed by atoms with Gasteiger partial charge in [-0.1, -0.05) is 48.3 Å². The normalized spacial score (nSPS) is 19.9. The highest BCUT2D eigenvalue weighted by atomic mass is 35.5. The van der Waals surface area contributed by atoms with E-state index in [4.69, 9.17) is 27.9 Å². The first-order valence-corrected chi connectivity index (χ1v) is 10.3. The van der Waals surface area contributed by atoms with E-state index in [1.54, 1.807) is 37.3 Å². The van der Waals surface area contributed by atoms with Gasteiger partial charge in [0.05, 0.1) is 12.1 Å². The third-order valence-electron chi connectivity index (χ3n) is 5.20. The molecule has 3 rings (SSSR count). The quantitative estimate of drug-likeness (QED) is 0.470. The smallest absolute Gasteiger partial charge is 0.411 e. The van der Waals surface area contributed by atoms with Crippen molar-refractivity contribution in [2.24, 2.45) is 0 Å². The van der Waals surface area contributed by atoms with E-state index in [0.717, 1.165) is 22.9 Å². The molecule has 0 fully saturated rings. The molecule has 30 heavy (non-hydrogen) atoms. The molecule has 2 unspecified atom stereocenters. The molecule has 6 nitrogen and oxygen atoms in total. The van der Waals surface area contributed by atoms with Crippen LogP contribution in [-0.4, -0.2) is 23.8 Å². The average Bonchev–Trinajstić information content (AvgIpc) is 3.01. The summed E-state index contributed by atoms with van der Waals surface area (Å²) in [5, 5.41) is 16.4. The first-order chi connectivity index (χ1) is 14.3. The third-order valence-corrected chi connectivity index (χ3v) is 5.74. The minimum absolute atomic E-state index is 0.284. The minimum Gasteiger partial charge on any atom is -0.478 e. The van der Waals surface area contributed by atoms with Crippen LogP contribution in [0.5, 0.6) is 0 Å². The number of carbonyl (C=O) groups is 2. The number of carboxylic acids is 1. The van der Waals surface area contributed by atoms with E-state index in [1.165, 1.54) is 0 Å². The van der Waals surface area contributed by atoms with Gasteiger partial charge in [0.1, 0.15) is 0 Å². The molecule has 0 bridgehead atoms. The maximum absolute atomic E-state index is 11.7. The Morgan fingerprint density at radius 1 is 1.23 bits per heavy atom. The number of anilines is 2. The molecule has 0 saturated carbocycles. The lowest BCUT2D eigenvalue weighted by atomic mass is 9.75. The molecule has 2 aromatic rings. The van der Waals surface area contributed by atoms with Crippen molar-refractivity contribution >= 4 is 46.6 Å². The molecule has 3 N–H and O–H groups in total. The molecule has 0 aliphatic carbocycles. The van der Waals surface area contributed by atoms with Gasteiger partial charge in [-0.3, -0.25) is 5.32 Å². The Labute approximate surface area is 184 Å². The second kappa shape index (κ2) is 8.98. The molecule has 1 aliphatic heterocycles. The zero-order valence-electron chi connectivity index (χ0n) is 16.5. The topological polar surface area (TPSA) is 87.7 Å². The minimum atomic E-state index is -1.03. The number of amides is 1. The maximum atomic E-state index is 11.7. The Kier molecular flexibility index (Phi) is 6.58. The number of nitrogens with one attached hydrogen (secondary N) is 2. The van der Waals surface area contributed by atoms with Crippen molar-refractivity contribution in [3.05, 3.63) is 69.7 Å². The predicted octanol–water partition coefficient (Wildman–Crippen LogP) is 6.02. The van der Waals surface area contributed by atoms with Gasteiger partial charge >= 0.3 is 12.1 Å². The summed E-state index contributed by atoms with van der Waals surface area (Å²) in [6, 6.07) is 10.8.